The minimum Gasteiger partial charge on any atom is -0.503 e. The molecule has 182 valence electrons. The maximum absolute atomic E-state index is 13.4. The van der Waals surface area contributed by atoms with Crippen molar-refractivity contribution in [2.45, 2.75) is 30.0 Å². The third kappa shape index (κ3) is 4.76. The Kier molecular flexibility index (Phi) is 6.83. The number of Topliss-reactive ketones (excluding diaryl/α,β-unsaturated/α-hetero) is 1. The summed E-state index contributed by atoms with van der Waals surface area (Å²) in [6.45, 7) is 3.76. The molecule has 0 spiro atoms. The van der Waals surface area contributed by atoms with Gasteiger partial charge < -0.3 is 9.52 Å². The zero-order valence-corrected chi connectivity index (χ0v) is 22.5. The number of thioether (sulfide) groups is 1. The highest BCUT2D eigenvalue weighted by Gasteiger charge is 2.46. The number of hydrogen-bond donors (Lipinski definition) is 1. The molecule has 1 aliphatic rings. The molecule has 7 nitrogen and oxygen atoms in total. The van der Waals surface area contributed by atoms with E-state index >= 15 is 0 Å². The van der Waals surface area contributed by atoms with E-state index in [1.165, 1.54) is 39.6 Å². The van der Waals surface area contributed by atoms with Gasteiger partial charge in [-0.05, 0) is 49.2 Å². The van der Waals surface area contributed by atoms with E-state index in [2.05, 4.69) is 50.4 Å². The molecule has 2 aromatic carbocycles. The lowest BCUT2D eigenvalue weighted by molar-refractivity contribution is -0.117. The summed E-state index contributed by atoms with van der Waals surface area (Å²) in [5.74, 6) is -0.586. The Labute approximate surface area is 224 Å². The average Bonchev–Trinajstić information content (AvgIpc) is 3.57. The van der Waals surface area contributed by atoms with Crippen LogP contribution in [-0.4, -0.2) is 27.0 Å². The third-order valence-corrected chi connectivity index (χ3v) is 8.29. The molecule has 4 aromatic rings. The molecule has 1 unspecified atom stereocenters. The normalized spacial score (nSPS) is 15.7. The Morgan fingerprint density at radius 1 is 1.14 bits per heavy atom. The van der Waals surface area contributed by atoms with Crippen LogP contribution in [0.2, 0.25) is 0 Å². The molecule has 0 saturated carbocycles. The molecule has 1 atom stereocenters. The van der Waals surface area contributed by atoms with Crippen LogP contribution in [0.4, 0.5) is 5.13 Å². The lowest BCUT2D eigenvalue weighted by Crippen LogP contribution is -2.31. The molecular weight excluding hydrogens is 562 g/mol. The second-order valence-corrected chi connectivity index (χ2v) is 11.4. The van der Waals surface area contributed by atoms with Gasteiger partial charge in [0.05, 0.1) is 11.6 Å². The summed E-state index contributed by atoms with van der Waals surface area (Å²) in [7, 11) is 0. The molecule has 0 bridgehead atoms. The number of halogens is 1. The second kappa shape index (κ2) is 10.0. The number of carbonyl (C=O) groups excluding carboxylic acids is 2. The van der Waals surface area contributed by atoms with Gasteiger partial charge in [-0.3, -0.25) is 14.5 Å². The van der Waals surface area contributed by atoms with Crippen molar-refractivity contribution in [3.05, 3.63) is 105 Å². The smallest absolute Gasteiger partial charge is 0.296 e. The Balaban J connectivity index is 1.49. The van der Waals surface area contributed by atoms with Crippen molar-refractivity contribution in [2.24, 2.45) is 0 Å². The van der Waals surface area contributed by atoms with Gasteiger partial charge >= 0.3 is 0 Å². The lowest BCUT2D eigenvalue weighted by Gasteiger charge is -2.24. The largest absolute Gasteiger partial charge is 0.503 e. The van der Waals surface area contributed by atoms with Gasteiger partial charge in [0.1, 0.15) is 5.76 Å². The van der Waals surface area contributed by atoms with Gasteiger partial charge in [-0.25, -0.2) is 0 Å². The van der Waals surface area contributed by atoms with Crippen molar-refractivity contribution in [3.8, 4) is 0 Å². The van der Waals surface area contributed by atoms with Crippen molar-refractivity contribution in [1.82, 2.24) is 10.2 Å². The molecule has 5 rings (SSSR count). The summed E-state index contributed by atoms with van der Waals surface area (Å²) in [6, 6.07) is 17.8. The molecule has 0 fully saturated rings. The minimum atomic E-state index is -0.893. The summed E-state index contributed by atoms with van der Waals surface area (Å²) in [5.41, 5.74) is 2.91. The van der Waals surface area contributed by atoms with E-state index in [0.29, 0.717) is 26.5 Å². The van der Waals surface area contributed by atoms with Crippen LogP contribution in [-0.2, 0) is 10.5 Å². The van der Waals surface area contributed by atoms with Crippen molar-refractivity contribution in [1.29, 1.82) is 0 Å². The van der Waals surface area contributed by atoms with E-state index in [1.54, 1.807) is 31.2 Å². The van der Waals surface area contributed by atoms with Crippen molar-refractivity contribution >= 4 is 55.9 Å². The Morgan fingerprint density at radius 3 is 2.61 bits per heavy atom. The number of aromatic nitrogens is 2. The first-order valence-corrected chi connectivity index (χ1v) is 13.6. The maximum Gasteiger partial charge on any atom is 0.296 e. The topological polar surface area (TPSA) is 96.5 Å². The molecule has 36 heavy (non-hydrogen) atoms. The quantitative estimate of drug-likeness (QED) is 0.149. The summed E-state index contributed by atoms with van der Waals surface area (Å²) in [4.78, 5) is 28.0. The second-order valence-electron chi connectivity index (χ2n) is 8.26. The number of furan rings is 1. The number of nitrogens with zero attached hydrogens (tertiary/aromatic N) is 3. The molecule has 2 aromatic heterocycles. The average molecular weight is 583 g/mol. The highest BCUT2D eigenvalue weighted by atomic mass is 79.9. The summed E-state index contributed by atoms with van der Waals surface area (Å²) < 4.78 is 6.96. The van der Waals surface area contributed by atoms with E-state index in [4.69, 9.17) is 4.42 Å². The SMILES string of the molecule is Cc1ccc(CSc2nnc(N3C(=O)C(O)=C(C(=O)c4ccc(C)o4)C3c3cccc(Br)c3)s2)cc1. The van der Waals surface area contributed by atoms with E-state index in [0.717, 1.165) is 10.0 Å². The zero-order chi connectivity index (χ0) is 25.4. The molecule has 1 aliphatic heterocycles. The number of anilines is 1. The van der Waals surface area contributed by atoms with Gasteiger partial charge in [0.25, 0.3) is 5.91 Å². The number of aryl methyl sites for hydroxylation is 2. The molecule has 10 heteroatoms. The van der Waals surface area contributed by atoms with Crippen LogP contribution >= 0.6 is 39.0 Å². The number of carbonyl (C=O) groups is 2. The highest BCUT2D eigenvalue weighted by Crippen LogP contribution is 2.44. The summed E-state index contributed by atoms with van der Waals surface area (Å²) >= 11 is 6.20. The van der Waals surface area contributed by atoms with Crippen LogP contribution in [0.5, 0.6) is 0 Å². The summed E-state index contributed by atoms with van der Waals surface area (Å²) in [5, 5.41) is 19.7. The van der Waals surface area contributed by atoms with Crippen LogP contribution in [0.15, 0.2) is 85.2 Å². The van der Waals surface area contributed by atoms with E-state index in [1.807, 2.05) is 13.0 Å². The van der Waals surface area contributed by atoms with Crippen LogP contribution < -0.4 is 4.90 Å². The number of ketones is 1. The van der Waals surface area contributed by atoms with E-state index in [-0.39, 0.29) is 11.3 Å². The fourth-order valence-corrected chi connectivity index (χ4v) is 6.14. The lowest BCUT2D eigenvalue weighted by atomic mass is 9.95. The Morgan fingerprint density at radius 2 is 1.92 bits per heavy atom. The first-order chi connectivity index (χ1) is 17.3. The maximum atomic E-state index is 13.4. The van der Waals surface area contributed by atoms with Gasteiger partial charge in [-0.15, -0.1) is 10.2 Å². The number of amides is 1. The van der Waals surface area contributed by atoms with Gasteiger partial charge in [-0.1, -0.05) is 81.0 Å². The fraction of sp³-hybridized carbons (Fsp3) is 0.154. The first kappa shape index (κ1) is 24.5. The number of benzene rings is 2. The third-order valence-electron chi connectivity index (χ3n) is 5.67. The number of hydrogen-bond acceptors (Lipinski definition) is 8. The molecule has 0 aliphatic carbocycles. The van der Waals surface area contributed by atoms with Crippen LogP contribution in [0.25, 0.3) is 0 Å². The zero-order valence-electron chi connectivity index (χ0n) is 19.3. The number of aliphatic hydroxyl groups excluding tert-OH is 1. The molecule has 0 radical (unpaired) electrons. The molecular formula is C26H20BrN3O4S2. The monoisotopic (exact) mass is 581 g/mol. The fourth-order valence-electron chi connectivity index (χ4n) is 3.90. The van der Waals surface area contributed by atoms with Crippen LogP contribution in [0.3, 0.4) is 0 Å². The van der Waals surface area contributed by atoms with Gasteiger partial charge in [0, 0.05) is 10.2 Å². The Bertz CT molecular complexity index is 1490. The molecule has 0 saturated heterocycles. The van der Waals surface area contributed by atoms with Crippen LogP contribution in [0, 0.1) is 13.8 Å². The summed E-state index contributed by atoms with van der Waals surface area (Å²) in [6.07, 6.45) is 0. The molecule has 1 amide bonds. The minimum absolute atomic E-state index is 0.0512. The molecule has 3 heterocycles. The van der Waals surface area contributed by atoms with Crippen molar-refractivity contribution in [3.63, 3.8) is 0 Å². The predicted molar refractivity (Wildman–Crippen MR) is 142 cm³/mol. The number of aliphatic hydroxyl groups is 1. The van der Waals surface area contributed by atoms with Gasteiger partial charge in [-0.2, -0.15) is 0 Å². The van der Waals surface area contributed by atoms with Gasteiger partial charge in [0.15, 0.2) is 15.9 Å². The van der Waals surface area contributed by atoms with Gasteiger partial charge in [0.2, 0.25) is 10.9 Å². The standard InChI is InChI=1S/C26H20BrN3O4S2/c1-14-6-9-16(10-7-14)13-35-26-29-28-25(36-26)30-21(17-4-3-5-18(27)12-17)20(23(32)24(30)33)22(31)19-11-8-15(2)34-19/h3-12,21,32H,13H2,1-2H3. The van der Waals surface area contributed by atoms with E-state index in [9.17, 15) is 14.7 Å². The van der Waals surface area contributed by atoms with Crippen molar-refractivity contribution < 1.29 is 19.1 Å². The van der Waals surface area contributed by atoms with Crippen LogP contribution in [0.1, 0.15) is 39.0 Å². The number of rotatable bonds is 7. The highest BCUT2D eigenvalue weighted by molar-refractivity contribution is 9.10. The van der Waals surface area contributed by atoms with E-state index < -0.39 is 23.5 Å². The first-order valence-electron chi connectivity index (χ1n) is 11.0. The molecule has 1 N–H and O–H groups in total. The Hall–Kier alpha value is -3.21. The van der Waals surface area contributed by atoms with Crippen molar-refractivity contribution in [2.75, 3.05) is 4.90 Å². The predicted octanol–water partition coefficient (Wildman–Crippen LogP) is 6.59.